The van der Waals surface area contributed by atoms with Crippen molar-refractivity contribution >= 4 is 17.1 Å². The number of ether oxygens (including phenoxy) is 1. The van der Waals surface area contributed by atoms with Crippen LogP contribution in [0.3, 0.4) is 0 Å². The van der Waals surface area contributed by atoms with Crippen molar-refractivity contribution in [3.05, 3.63) is 94.8 Å². The molecular formula is C25H20F3NO3. The van der Waals surface area contributed by atoms with Crippen LogP contribution in [0.25, 0.3) is 11.1 Å². The number of nitrogens with zero attached hydrogens (tertiary/aromatic N) is 1. The number of para-hydroxylation sites is 1. The highest BCUT2D eigenvalue weighted by Crippen LogP contribution is 2.46. The van der Waals surface area contributed by atoms with Crippen LogP contribution in [0, 0.1) is 0 Å². The Hall–Kier alpha value is -3.61. The number of hydrogen-bond acceptors (Lipinski definition) is 3. The van der Waals surface area contributed by atoms with Crippen LogP contribution in [0.5, 0.6) is 5.75 Å². The van der Waals surface area contributed by atoms with Crippen LogP contribution in [0.15, 0.2) is 67.0 Å². The van der Waals surface area contributed by atoms with Crippen LogP contribution >= 0.6 is 0 Å². The molecule has 1 heterocycles. The molecule has 1 aliphatic carbocycles. The summed E-state index contributed by atoms with van der Waals surface area (Å²) in [6.07, 6.45) is 0.150. The van der Waals surface area contributed by atoms with E-state index in [-0.39, 0.29) is 17.9 Å². The van der Waals surface area contributed by atoms with Crippen LogP contribution in [0.4, 0.5) is 13.2 Å². The summed E-state index contributed by atoms with van der Waals surface area (Å²) in [7, 11) is 0. The van der Waals surface area contributed by atoms with Gasteiger partial charge < -0.3 is 9.84 Å². The van der Waals surface area contributed by atoms with Gasteiger partial charge in [0.1, 0.15) is 12.4 Å². The average molecular weight is 439 g/mol. The zero-order valence-electron chi connectivity index (χ0n) is 17.0. The summed E-state index contributed by atoms with van der Waals surface area (Å²) in [4.78, 5) is 15.4. The molecule has 3 aromatic rings. The number of allylic oxidation sites excluding steroid dienone is 2. The normalized spacial score (nSPS) is 14.0. The molecule has 0 fully saturated rings. The monoisotopic (exact) mass is 439 g/mol. The lowest BCUT2D eigenvalue weighted by Crippen LogP contribution is -2.10. The molecule has 0 amide bonds. The van der Waals surface area contributed by atoms with E-state index in [4.69, 9.17) is 4.74 Å². The molecule has 4 nitrogen and oxygen atoms in total. The van der Waals surface area contributed by atoms with Gasteiger partial charge in [0.2, 0.25) is 0 Å². The molecule has 2 aromatic carbocycles. The van der Waals surface area contributed by atoms with E-state index in [9.17, 15) is 23.1 Å². The van der Waals surface area contributed by atoms with Crippen LogP contribution < -0.4 is 4.74 Å². The summed E-state index contributed by atoms with van der Waals surface area (Å²) in [6.45, 7) is -0.000395. The second-order valence-electron chi connectivity index (χ2n) is 7.53. The Kier molecular flexibility index (Phi) is 5.99. The van der Waals surface area contributed by atoms with Gasteiger partial charge in [-0.2, -0.15) is 13.2 Å². The van der Waals surface area contributed by atoms with E-state index in [1.807, 2.05) is 6.07 Å². The van der Waals surface area contributed by atoms with E-state index < -0.39 is 17.7 Å². The SMILES string of the molecule is O=C(O)c1cncc(C2=C(c3cccc(C(F)(F)F)c3OCc3ccccc3)CCC2)c1. The Morgan fingerprint density at radius 3 is 2.47 bits per heavy atom. The first-order valence-corrected chi connectivity index (χ1v) is 10.1. The van der Waals surface area contributed by atoms with Gasteiger partial charge in [-0.3, -0.25) is 4.98 Å². The Balaban J connectivity index is 1.82. The summed E-state index contributed by atoms with van der Waals surface area (Å²) >= 11 is 0. The number of aromatic carboxylic acids is 1. The number of rotatable bonds is 6. The molecule has 0 unspecified atom stereocenters. The van der Waals surface area contributed by atoms with E-state index in [1.54, 1.807) is 36.5 Å². The van der Waals surface area contributed by atoms with Gasteiger partial charge in [0.15, 0.2) is 0 Å². The molecule has 7 heteroatoms. The van der Waals surface area contributed by atoms with Crippen molar-refractivity contribution in [2.45, 2.75) is 32.0 Å². The molecule has 1 aromatic heterocycles. The van der Waals surface area contributed by atoms with Gasteiger partial charge in [0, 0.05) is 18.0 Å². The minimum Gasteiger partial charge on any atom is -0.488 e. The third-order valence-corrected chi connectivity index (χ3v) is 5.42. The molecular weight excluding hydrogens is 419 g/mol. The van der Waals surface area contributed by atoms with Crippen molar-refractivity contribution in [2.75, 3.05) is 0 Å². The van der Waals surface area contributed by atoms with Gasteiger partial charge in [-0.15, -0.1) is 0 Å². The number of pyridine rings is 1. The highest BCUT2D eigenvalue weighted by Gasteiger charge is 2.36. The number of carboxylic acid groups (broad SMARTS) is 1. The fraction of sp³-hybridized carbons (Fsp3) is 0.200. The number of carbonyl (C=O) groups is 1. The predicted molar refractivity (Wildman–Crippen MR) is 114 cm³/mol. The molecule has 4 rings (SSSR count). The molecule has 0 atom stereocenters. The van der Waals surface area contributed by atoms with Crippen molar-refractivity contribution in [3.8, 4) is 5.75 Å². The van der Waals surface area contributed by atoms with Crippen molar-refractivity contribution in [2.24, 2.45) is 0 Å². The van der Waals surface area contributed by atoms with Crippen LogP contribution in [-0.2, 0) is 12.8 Å². The van der Waals surface area contributed by atoms with Gasteiger partial charge >= 0.3 is 12.1 Å². The van der Waals surface area contributed by atoms with Gasteiger partial charge in [-0.05, 0) is 53.7 Å². The second kappa shape index (κ2) is 8.86. The smallest absolute Gasteiger partial charge is 0.419 e. The first kappa shape index (κ1) is 21.6. The average Bonchev–Trinajstić information content (AvgIpc) is 3.27. The number of carboxylic acids is 1. The van der Waals surface area contributed by atoms with Crippen LogP contribution in [-0.4, -0.2) is 16.1 Å². The maximum Gasteiger partial charge on any atom is 0.419 e. The quantitative estimate of drug-likeness (QED) is 0.478. The number of halogens is 3. The summed E-state index contributed by atoms with van der Waals surface area (Å²) in [5.74, 6) is -1.31. The zero-order valence-corrected chi connectivity index (χ0v) is 17.0. The maximum absolute atomic E-state index is 13.8. The molecule has 0 saturated carbocycles. The number of alkyl halides is 3. The topological polar surface area (TPSA) is 59.4 Å². The third-order valence-electron chi connectivity index (χ3n) is 5.42. The lowest BCUT2D eigenvalue weighted by atomic mass is 9.95. The summed E-state index contributed by atoms with van der Waals surface area (Å²) in [5, 5.41) is 9.28. The van der Waals surface area contributed by atoms with Crippen molar-refractivity contribution in [1.82, 2.24) is 4.98 Å². The molecule has 1 N–H and O–H groups in total. The number of benzene rings is 2. The molecule has 32 heavy (non-hydrogen) atoms. The summed E-state index contributed by atoms with van der Waals surface area (Å²) in [6, 6.07) is 14.5. The van der Waals surface area contributed by atoms with Crippen molar-refractivity contribution in [1.29, 1.82) is 0 Å². The van der Waals surface area contributed by atoms with Gasteiger partial charge in [-0.25, -0.2) is 4.79 Å². The Morgan fingerprint density at radius 2 is 1.75 bits per heavy atom. The van der Waals surface area contributed by atoms with Crippen LogP contribution in [0.2, 0.25) is 0 Å². The third kappa shape index (κ3) is 4.51. The van der Waals surface area contributed by atoms with Gasteiger partial charge in [-0.1, -0.05) is 42.5 Å². The van der Waals surface area contributed by atoms with Gasteiger partial charge in [0.25, 0.3) is 0 Å². The highest BCUT2D eigenvalue weighted by atomic mass is 19.4. The second-order valence-corrected chi connectivity index (χ2v) is 7.53. The number of hydrogen-bond donors (Lipinski definition) is 1. The first-order valence-electron chi connectivity index (χ1n) is 10.1. The predicted octanol–water partition coefficient (Wildman–Crippen LogP) is 6.47. The Morgan fingerprint density at radius 1 is 1.00 bits per heavy atom. The molecule has 0 saturated heterocycles. The lowest BCUT2D eigenvalue weighted by Gasteiger charge is -2.19. The molecule has 0 bridgehead atoms. The summed E-state index contributed by atoms with van der Waals surface area (Å²) in [5.41, 5.74) is 2.46. The Bertz CT molecular complexity index is 1170. The molecule has 164 valence electrons. The minimum atomic E-state index is -4.58. The molecule has 0 radical (unpaired) electrons. The van der Waals surface area contributed by atoms with E-state index in [0.29, 0.717) is 24.0 Å². The maximum atomic E-state index is 13.8. The van der Waals surface area contributed by atoms with Crippen molar-refractivity contribution < 1.29 is 27.8 Å². The largest absolute Gasteiger partial charge is 0.488 e. The molecule has 0 spiro atoms. The standard InChI is InChI=1S/C25H20F3NO3/c26-25(27,28)22-11-5-10-21(23(22)32-15-16-6-2-1-3-7-16)20-9-4-8-19(20)17-12-18(24(30)31)14-29-13-17/h1-3,5-7,10-14H,4,8-9,15H2,(H,30,31). The highest BCUT2D eigenvalue weighted by molar-refractivity contribution is 5.96. The van der Waals surface area contributed by atoms with Crippen LogP contribution in [0.1, 0.15) is 51.9 Å². The Labute approximate surface area is 183 Å². The van der Waals surface area contributed by atoms with Crippen molar-refractivity contribution in [3.63, 3.8) is 0 Å². The first-order chi connectivity index (χ1) is 15.3. The zero-order chi connectivity index (χ0) is 22.7. The van der Waals surface area contributed by atoms with E-state index in [1.165, 1.54) is 18.3 Å². The van der Waals surface area contributed by atoms with E-state index >= 15 is 0 Å². The fourth-order valence-corrected chi connectivity index (χ4v) is 3.96. The number of aromatic nitrogens is 1. The van der Waals surface area contributed by atoms with Gasteiger partial charge in [0.05, 0.1) is 11.1 Å². The molecule has 0 aliphatic heterocycles. The van der Waals surface area contributed by atoms with E-state index in [2.05, 4.69) is 4.98 Å². The lowest BCUT2D eigenvalue weighted by molar-refractivity contribution is -0.139. The summed E-state index contributed by atoms with van der Waals surface area (Å²) < 4.78 is 47.3. The fourth-order valence-electron chi connectivity index (χ4n) is 3.96. The van der Waals surface area contributed by atoms with E-state index in [0.717, 1.165) is 29.2 Å². The minimum absolute atomic E-state index is 0.000395. The molecule has 1 aliphatic rings.